The number of fused-ring (bicyclic) bond motifs is 1. The Morgan fingerprint density at radius 1 is 1.32 bits per heavy atom. The highest BCUT2D eigenvalue weighted by Crippen LogP contribution is 2.14. The van der Waals surface area contributed by atoms with Gasteiger partial charge in [0.2, 0.25) is 0 Å². The van der Waals surface area contributed by atoms with E-state index >= 15 is 0 Å². The average molecular weight is 300 g/mol. The Labute approximate surface area is 125 Å². The zero-order chi connectivity index (χ0) is 15.5. The minimum Gasteiger partial charge on any atom is -0.457 e. The van der Waals surface area contributed by atoms with Gasteiger partial charge < -0.3 is 4.74 Å². The third-order valence-corrected chi connectivity index (χ3v) is 3.28. The first-order valence-electron chi connectivity index (χ1n) is 6.79. The van der Waals surface area contributed by atoms with Gasteiger partial charge in [0.15, 0.2) is 0 Å². The molecule has 0 N–H and O–H groups in total. The van der Waals surface area contributed by atoms with Crippen LogP contribution in [0, 0.1) is 5.82 Å². The third kappa shape index (κ3) is 2.52. The first kappa shape index (κ1) is 14.1. The summed E-state index contributed by atoms with van der Waals surface area (Å²) in [6.07, 6.45) is 3.34. The van der Waals surface area contributed by atoms with E-state index in [0.29, 0.717) is 29.0 Å². The third-order valence-electron chi connectivity index (χ3n) is 3.28. The van der Waals surface area contributed by atoms with Gasteiger partial charge in [-0.25, -0.2) is 18.7 Å². The zero-order valence-electron chi connectivity index (χ0n) is 11.9. The molecule has 7 heteroatoms. The molecule has 0 saturated heterocycles. The van der Waals surface area contributed by atoms with Crippen LogP contribution in [0.5, 0.6) is 0 Å². The van der Waals surface area contributed by atoms with Crippen LogP contribution in [0.25, 0.3) is 5.78 Å². The summed E-state index contributed by atoms with van der Waals surface area (Å²) in [5, 5.41) is 4.04. The Morgan fingerprint density at radius 3 is 2.91 bits per heavy atom. The maximum atomic E-state index is 13.5. The van der Waals surface area contributed by atoms with Gasteiger partial charge in [-0.3, -0.25) is 0 Å². The molecule has 0 radical (unpaired) electrons. The Kier molecular flexibility index (Phi) is 3.78. The number of hydrogen-bond acceptors (Lipinski definition) is 5. The van der Waals surface area contributed by atoms with Gasteiger partial charge in [-0.2, -0.15) is 10.1 Å². The molecule has 0 atom stereocenters. The van der Waals surface area contributed by atoms with E-state index in [1.54, 1.807) is 18.2 Å². The highest BCUT2D eigenvalue weighted by molar-refractivity contribution is 5.90. The molecule has 3 rings (SSSR count). The minimum atomic E-state index is -0.565. The Hall–Kier alpha value is -2.83. The molecule has 2 heterocycles. The van der Waals surface area contributed by atoms with E-state index in [9.17, 15) is 9.18 Å². The normalized spacial score (nSPS) is 10.8. The first-order chi connectivity index (χ1) is 10.7. The highest BCUT2D eigenvalue weighted by atomic mass is 19.1. The molecule has 0 aliphatic carbocycles. The van der Waals surface area contributed by atoms with Crippen LogP contribution >= 0.6 is 0 Å². The van der Waals surface area contributed by atoms with Gasteiger partial charge >= 0.3 is 5.97 Å². The molecule has 0 aliphatic heterocycles. The number of hydrogen-bond donors (Lipinski definition) is 0. The number of nitrogens with zero attached hydrogens (tertiary/aromatic N) is 4. The number of esters is 1. The number of aromatic nitrogens is 4. The van der Waals surface area contributed by atoms with Crippen LogP contribution in [0.2, 0.25) is 0 Å². The second-order valence-electron chi connectivity index (χ2n) is 4.61. The molecule has 0 amide bonds. The number of carbonyl (C=O) groups excluding carboxylic acids is 1. The monoisotopic (exact) mass is 300 g/mol. The second-order valence-corrected chi connectivity index (χ2v) is 4.61. The van der Waals surface area contributed by atoms with Crippen LogP contribution in [0.4, 0.5) is 4.39 Å². The van der Waals surface area contributed by atoms with E-state index in [4.69, 9.17) is 4.74 Å². The number of ether oxygens (including phenoxy) is 1. The number of rotatable bonds is 4. The Bertz CT molecular complexity index is 831. The fourth-order valence-electron chi connectivity index (χ4n) is 2.17. The van der Waals surface area contributed by atoms with Crippen LogP contribution in [0.3, 0.4) is 0 Å². The lowest BCUT2D eigenvalue weighted by Gasteiger charge is -2.09. The van der Waals surface area contributed by atoms with E-state index in [2.05, 4.69) is 15.1 Å². The van der Waals surface area contributed by atoms with E-state index in [1.165, 1.54) is 23.1 Å². The van der Waals surface area contributed by atoms with Gasteiger partial charge in [0.05, 0.1) is 11.3 Å². The molecule has 0 aliphatic rings. The van der Waals surface area contributed by atoms with Crippen LogP contribution in [0.1, 0.15) is 28.5 Å². The van der Waals surface area contributed by atoms with E-state index in [1.807, 2.05) is 6.92 Å². The van der Waals surface area contributed by atoms with Crippen molar-refractivity contribution in [1.29, 1.82) is 0 Å². The largest absolute Gasteiger partial charge is 0.457 e. The molecule has 0 saturated carbocycles. The summed E-state index contributed by atoms with van der Waals surface area (Å²) < 4.78 is 20.2. The summed E-state index contributed by atoms with van der Waals surface area (Å²) in [4.78, 5) is 20.3. The second kappa shape index (κ2) is 5.88. The van der Waals surface area contributed by atoms with Crippen molar-refractivity contribution < 1.29 is 13.9 Å². The molecular formula is C15H13FN4O2. The summed E-state index contributed by atoms with van der Waals surface area (Å²) in [5.74, 6) is -0.552. The van der Waals surface area contributed by atoms with Crippen molar-refractivity contribution in [2.75, 3.05) is 0 Å². The van der Waals surface area contributed by atoms with E-state index in [0.717, 1.165) is 0 Å². The maximum Gasteiger partial charge on any atom is 0.341 e. The fourth-order valence-corrected chi connectivity index (χ4v) is 2.17. The van der Waals surface area contributed by atoms with E-state index < -0.39 is 11.8 Å². The first-order valence-corrected chi connectivity index (χ1v) is 6.79. The standard InChI is InChI=1S/C15H13FN4O2/c1-2-13-11(7-17-15-18-9-19-20(13)15)14(21)22-8-10-5-3-4-6-12(10)16/h3-7,9H,2,8H2,1H3. The maximum absolute atomic E-state index is 13.5. The van der Waals surface area contributed by atoms with Gasteiger partial charge in [-0.15, -0.1) is 0 Å². The molecule has 0 spiro atoms. The lowest BCUT2D eigenvalue weighted by Crippen LogP contribution is -2.13. The number of halogens is 1. The van der Waals surface area contributed by atoms with Crippen molar-refractivity contribution in [3.63, 3.8) is 0 Å². The predicted octanol–water partition coefficient (Wildman–Crippen LogP) is 2.18. The zero-order valence-corrected chi connectivity index (χ0v) is 11.9. The van der Waals surface area contributed by atoms with Crippen molar-refractivity contribution in [1.82, 2.24) is 19.6 Å². The van der Waals surface area contributed by atoms with Crippen LogP contribution < -0.4 is 0 Å². The lowest BCUT2D eigenvalue weighted by molar-refractivity contribution is 0.0466. The number of aryl methyl sites for hydroxylation is 1. The molecule has 0 bridgehead atoms. The molecule has 2 aromatic heterocycles. The van der Waals surface area contributed by atoms with Crippen molar-refractivity contribution in [3.05, 3.63) is 59.4 Å². The highest BCUT2D eigenvalue weighted by Gasteiger charge is 2.17. The topological polar surface area (TPSA) is 69.4 Å². The lowest BCUT2D eigenvalue weighted by atomic mass is 10.2. The van der Waals surface area contributed by atoms with Gasteiger partial charge in [-0.1, -0.05) is 25.1 Å². The van der Waals surface area contributed by atoms with E-state index in [-0.39, 0.29) is 6.61 Å². The Morgan fingerprint density at radius 2 is 2.14 bits per heavy atom. The fraction of sp³-hybridized carbons (Fsp3) is 0.200. The predicted molar refractivity (Wildman–Crippen MR) is 75.7 cm³/mol. The quantitative estimate of drug-likeness (QED) is 0.691. The number of benzene rings is 1. The molecule has 3 aromatic rings. The van der Waals surface area contributed by atoms with Gasteiger partial charge in [0.25, 0.3) is 5.78 Å². The van der Waals surface area contributed by atoms with Crippen LogP contribution in [-0.2, 0) is 17.8 Å². The smallest absolute Gasteiger partial charge is 0.341 e. The molecule has 0 unspecified atom stereocenters. The van der Waals surface area contributed by atoms with Crippen molar-refractivity contribution in [3.8, 4) is 0 Å². The molecular weight excluding hydrogens is 287 g/mol. The summed E-state index contributed by atoms with van der Waals surface area (Å²) in [7, 11) is 0. The summed E-state index contributed by atoms with van der Waals surface area (Å²) in [5.41, 5.74) is 1.28. The molecule has 0 fully saturated rings. The minimum absolute atomic E-state index is 0.135. The summed E-state index contributed by atoms with van der Waals surface area (Å²) in [6.45, 7) is 1.76. The van der Waals surface area contributed by atoms with Gasteiger partial charge in [-0.05, 0) is 12.5 Å². The van der Waals surface area contributed by atoms with Gasteiger partial charge in [0.1, 0.15) is 18.8 Å². The van der Waals surface area contributed by atoms with Crippen molar-refractivity contribution >= 4 is 11.7 Å². The van der Waals surface area contributed by atoms with Crippen LogP contribution in [0.15, 0.2) is 36.8 Å². The summed E-state index contributed by atoms with van der Waals surface area (Å²) in [6, 6.07) is 6.16. The average Bonchev–Trinajstić information content (AvgIpc) is 3.01. The van der Waals surface area contributed by atoms with Crippen molar-refractivity contribution in [2.45, 2.75) is 20.0 Å². The molecule has 6 nitrogen and oxygen atoms in total. The number of carbonyl (C=O) groups is 1. The summed E-state index contributed by atoms with van der Waals surface area (Å²) >= 11 is 0. The molecule has 112 valence electrons. The van der Waals surface area contributed by atoms with Crippen molar-refractivity contribution in [2.24, 2.45) is 0 Å². The Balaban J connectivity index is 1.84. The SMILES string of the molecule is CCc1c(C(=O)OCc2ccccc2F)cnc2ncnn12. The molecule has 22 heavy (non-hydrogen) atoms. The van der Waals surface area contributed by atoms with Crippen LogP contribution in [-0.4, -0.2) is 25.6 Å². The molecule has 1 aromatic carbocycles. The van der Waals surface area contributed by atoms with Gasteiger partial charge in [0, 0.05) is 11.8 Å².